The molecule has 5 fully saturated rings. The van der Waals surface area contributed by atoms with E-state index in [2.05, 4.69) is 15.8 Å². The summed E-state index contributed by atoms with van der Waals surface area (Å²) in [5, 5.41) is 22.8. The number of likely N-dealkylation sites (tertiary alicyclic amines) is 1. The van der Waals surface area contributed by atoms with E-state index in [1.807, 2.05) is 4.90 Å². The van der Waals surface area contributed by atoms with Crippen LogP contribution < -0.4 is 14.4 Å². The molecule has 1 spiro atoms. The molecule has 2 aromatic carbocycles. The number of nitrogens with zero attached hydrogens (tertiary/aromatic N) is 5. The Bertz CT molecular complexity index is 2190. The lowest BCUT2D eigenvalue weighted by molar-refractivity contribution is -0.175. The van der Waals surface area contributed by atoms with Crippen molar-refractivity contribution < 1.29 is 33.2 Å². The first-order valence-electron chi connectivity index (χ1n) is 19.9. The zero-order valence-electron chi connectivity index (χ0n) is 31.7. The largest absolute Gasteiger partial charge is 0.508 e. The second-order valence-corrected chi connectivity index (χ2v) is 16.9. The number of β-amino-alcohol motifs (C(OH)–C–C–N with tert-alkyl or cyclic N) is 1. The van der Waals surface area contributed by atoms with Crippen molar-refractivity contribution in [3.05, 3.63) is 41.5 Å². The van der Waals surface area contributed by atoms with E-state index in [-0.39, 0.29) is 68.3 Å². The molecular formula is C43H49F2N5O5. The van der Waals surface area contributed by atoms with Crippen LogP contribution in [0.5, 0.6) is 17.6 Å². The van der Waals surface area contributed by atoms with Crippen LogP contribution in [0.15, 0.2) is 24.3 Å². The molecule has 2 aliphatic carbocycles. The predicted octanol–water partition coefficient (Wildman–Crippen LogP) is 7.29. The van der Waals surface area contributed by atoms with Gasteiger partial charge in [0.25, 0.3) is 0 Å². The van der Waals surface area contributed by atoms with E-state index < -0.39 is 17.2 Å². The number of halogens is 2. The van der Waals surface area contributed by atoms with Crippen LogP contribution >= 0.6 is 0 Å². The van der Waals surface area contributed by atoms with Gasteiger partial charge in [0.05, 0.1) is 37.1 Å². The molecule has 1 unspecified atom stereocenters. The number of benzene rings is 2. The van der Waals surface area contributed by atoms with Gasteiger partial charge in [0.15, 0.2) is 5.82 Å². The van der Waals surface area contributed by atoms with Crippen LogP contribution in [0.25, 0.3) is 32.9 Å². The van der Waals surface area contributed by atoms with E-state index in [0.717, 1.165) is 70.9 Å². The number of terminal acetylenes is 1. The van der Waals surface area contributed by atoms with Crippen LogP contribution in [0, 0.1) is 29.4 Å². The molecule has 5 aliphatic rings. The first kappa shape index (κ1) is 36.3. The zero-order valence-corrected chi connectivity index (χ0v) is 31.7. The van der Waals surface area contributed by atoms with Gasteiger partial charge in [-0.2, -0.15) is 9.97 Å². The summed E-state index contributed by atoms with van der Waals surface area (Å²) in [6.45, 7) is 4.97. The summed E-state index contributed by atoms with van der Waals surface area (Å²) in [4.78, 5) is 19.0. The third kappa shape index (κ3) is 6.23. The van der Waals surface area contributed by atoms with Gasteiger partial charge in [0, 0.05) is 41.5 Å². The highest BCUT2D eigenvalue weighted by molar-refractivity contribution is 6.04. The number of rotatable bonds is 7. The first-order chi connectivity index (χ1) is 26.5. The zero-order chi connectivity index (χ0) is 38.1. The lowest BCUT2D eigenvalue weighted by Gasteiger charge is -2.53. The average Bonchev–Trinajstić information content (AvgIpc) is 3.61. The third-order valence-electron chi connectivity index (χ3n) is 13.5. The van der Waals surface area contributed by atoms with E-state index in [4.69, 9.17) is 30.6 Å². The van der Waals surface area contributed by atoms with Crippen LogP contribution in [0.2, 0.25) is 0 Å². The summed E-state index contributed by atoms with van der Waals surface area (Å²) in [7, 11) is 1.43. The molecule has 2 aromatic heterocycles. The molecule has 55 heavy (non-hydrogen) atoms. The summed E-state index contributed by atoms with van der Waals surface area (Å²) < 4.78 is 50.9. The Labute approximate surface area is 320 Å². The summed E-state index contributed by atoms with van der Waals surface area (Å²) >= 11 is 0. The number of fused-ring (bicyclic) bond motifs is 3. The van der Waals surface area contributed by atoms with Crippen LogP contribution in [0.3, 0.4) is 0 Å². The number of pyridine rings is 1. The molecule has 9 rings (SSSR count). The fraction of sp³-hybridized carbons (Fsp3) is 0.558. The number of phenols is 1. The summed E-state index contributed by atoms with van der Waals surface area (Å²) in [5.41, 5.74) is -1.26. The standard InChI is InChI=1S/C43H49F2N5O5/c1-4-29-31(44)10-9-26-22-28(51)23-30(33(26)29)36-35(45)37-34(39(46-36)53-3)38(49-19-6-13-41(2,52)24-49)48-40(47-37)54-25-42-14-5-8-32(42)50(20-7-15-42)27-11-16-43(17-12-27)18-21-55-43/h1,9-10,22-23,27,32,51-52H,5-8,11-21,24-25H2,2-3H3/t27?,32?,41-,42-,43?/m1/s1. The summed E-state index contributed by atoms with van der Waals surface area (Å²) in [6.07, 6.45) is 18.2. The van der Waals surface area contributed by atoms with Gasteiger partial charge in [-0.15, -0.1) is 6.42 Å². The van der Waals surface area contributed by atoms with Gasteiger partial charge >= 0.3 is 6.01 Å². The average molecular weight is 754 g/mol. The van der Waals surface area contributed by atoms with Crippen molar-refractivity contribution in [1.29, 1.82) is 0 Å². The molecule has 290 valence electrons. The quantitative estimate of drug-likeness (QED) is 0.187. The highest BCUT2D eigenvalue weighted by Crippen LogP contribution is 2.51. The van der Waals surface area contributed by atoms with Crippen molar-refractivity contribution in [2.75, 3.05) is 44.9 Å². The van der Waals surface area contributed by atoms with E-state index in [1.165, 1.54) is 37.8 Å². The molecule has 10 nitrogen and oxygen atoms in total. The number of piperidine rings is 2. The summed E-state index contributed by atoms with van der Waals surface area (Å²) in [5.74, 6) is 1.14. The number of ether oxygens (including phenoxy) is 3. The van der Waals surface area contributed by atoms with E-state index >= 15 is 8.78 Å². The normalized spacial score (nSPS) is 29.6. The van der Waals surface area contributed by atoms with Gasteiger partial charge in [0.2, 0.25) is 5.88 Å². The maximum atomic E-state index is 17.3. The van der Waals surface area contributed by atoms with E-state index in [9.17, 15) is 10.2 Å². The molecule has 3 atom stereocenters. The SMILES string of the molecule is C#Cc1c(F)ccc2cc(O)cc(-c3nc(OC)c4c(N5CCC[C@@](C)(O)C5)nc(OC[C@]56CCCC5N(C5CCC7(CCO7)CC5)CCC6)nc4c3F)c12. The minimum atomic E-state index is -1.00. The minimum absolute atomic E-state index is 0.0285. The number of aliphatic hydroxyl groups is 1. The maximum Gasteiger partial charge on any atom is 0.319 e. The molecule has 0 radical (unpaired) electrons. The Hall–Kier alpha value is -4.31. The number of hydrogen-bond donors (Lipinski definition) is 2. The molecule has 2 saturated carbocycles. The Morgan fingerprint density at radius 2 is 1.76 bits per heavy atom. The Morgan fingerprint density at radius 3 is 2.49 bits per heavy atom. The van der Waals surface area contributed by atoms with E-state index in [0.29, 0.717) is 49.3 Å². The fourth-order valence-corrected chi connectivity index (χ4v) is 10.7. The maximum absolute atomic E-state index is 17.3. The van der Waals surface area contributed by atoms with Gasteiger partial charge in [0.1, 0.15) is 34.0 Å². The minimum Gasteiger partial charge on any atom is -0.508 e. The number of methoxy groups -OCH3 is 1. The number of phenolic OH excluding ortho intramolecular Hbond substituents is 1. The molecule has 3 aliphatic heterocycles. The Kier molecular flexibility index (Phi) is 9.06. The van der Waals surface area contributed by atoms with Gasteiger partial charge in [-0.25, -0.2) is 13.8 Å². The monoisotopic (exact) mass is 753 g/mol. The smallest absolute Gasteiger partial charge is 0.319 e. The third-order valence-corrected chi connectivity index (χ3v) is 13.5. The number of anilines is 1. The number of aromatic hydroxyl groups is 1. The highest BCUT2D eigenvalue weighted by Gasteiger charge is 2.52. The topological polar surface area (TPSA) is 113 Å². The van der Waals surface area contributed by atoms with Gasteiger partial charge in [-0.3, -0.25) is 4.90 Å². The van der Waals surface area contributed by atoms with Crippen LogP contribution in [-0.4, -0.2) is 93.3 Å². The van der Waals surface area contributed by atoms with Crippen LogP contribution in [0.1, 0.15) is 89.5 Å². The number of aromatic nitrogens is 3. The van der Waals surface area contributed by atoms with Gasteiger partial charge < -0.3 is 29.3 Å². The first-order valence-corrected chi connectivity index (χ1v) is 19.9. The van der Waals surface area contributed by atoms with Crippen molar-refractivity contribution in [3.63, 3.8) is 0 Å². The Morgan fingerprint density at radius 1 is 0.982 bits per heavy atom. The Balaban J connectivity index is 1.13. The predicted molar refractivity (Wildman–Crippen MR) is 205 cm³/mol. The molecule has 2 N–H and O–H groups in total. The molecule has 3 saturated heterocycles. The van der Waals surface area contributed by atoms with Gasteiger partial charge in [-0.1, -0.05) is 18.4 Å². The second kappa shape index (κ2) is 13.7. The molecule has 0 bridgehead atoms. The molecule has 12 heteroatoms. The summed E-state index contributed by atoms with van der Waals surface area (Å²) in [6, 6.07) is 6.42. The van der Waals surface area contributed by atoms with Crippen molar-refractivity contribution in [2.45, 2.75) is 107 Å². The van der Waals surface area contributed by atoms with Crippen molar-refractivity contribution in [2.24, 2.45) is 5.41 Å². The van der Waals surface area contributed by atoms with E-state index in [1.54, 1.807) is 6.92 Å². The molecule has 5 heterocycles. The molecule has 0 amide bonds. The molecule has 4 aromatic rings. The fourth-order valence-electron chi connectivity index (χ4n) is 10.7. The van der Waals surface area contributed by atoms with Crippen molar-refractivity contribution in [1.82, 2.24) is 19.9 Å². The lowest BCUT2D eigenvalue weighted by atomic mass is 9.72. The van der Waals surface area contributed by atoms with Gasteiger partial charge in [-0.05, 0) is 108 Å². The lowest BCUT2D eigenvalue weighted by Crippen LogP contribution is -2.58. The molecular weight excluding hydrogens is 704 g/mol. The van der Waals surface area contributed by atoms with Crippen molar-refractivity contribution >= 4 is 27.5 Å². The number of hydrogen-bond acceptors (Lipinski definition) is 10. The van der Waals surface area contributed by atoms with Crippen LogP contribution in [-0.2, 0) is 4.74 Å². The highest BCUT2D eigenvalue weighted by atomic mass is 19.1. The second-order valence-electron chi connectivity index (χ2n) is 16.9. The van der Waals surface area contributed by atoms with Crippen molar-refractivity contribution in [3.8, 4) is 41.2 Å². The van der Waals surface area contributed by atoms with Crippen LogP contribution in [0.4, 0.5) is 14.6 Å².